The van der Waals surface area contributed by atoms with Crippen LogP contribution in [-0.2, 0) is 13.0 Å². The van der Waals surface area contributed by atoms with Crippen LogP contribution in [0.2, 0.25) is 0 Å². The fraction of sp³-hybridized carbons (Fsp3) is 0.200. The number of hydrogen-bond donors (Lipinski definition) is 2. The van der Waals surface area contributed by atoms with Gasteiger partial charge >= 0.3 is 11.3 Å². The summed E-state index contributed by atoms with van der Waals surface area (Å²) < 4.78 is 1.98. The molecule has 4 aromatic rings. The maximum absolute atomic E-state index is 12.2. The van der Waals surface area contributed by atoms with E-state index in [0.717, 1.165) is 29.4 Å². The lowest BCUT2D eigenvalue weighted by Crippen LogP contribution is -2.40. The monoisotopic (exact) mass is 347 g/mol. The zero-order valence-corrected chi connectivity index (χ0v) is 14.5. The quantitative estimate of drug-likeness (QED) is 0.437. The average Bonchev–Trinajstić information content (AvgIpc) is 2.62. The molecular formula is C20H19N4O2+. The summed E-state index contributed by atoms with van der Waals surface area (Å²) in [6.07, 6.45) is 1.80. The van der Waals surface area contributed by atoms with Crippen molar-refractivity contribution in [2.45, 2.75) is 26.3 Å². The van der Waals surface area contributed by atoms with E-state index in [2.05, 4.69) is 27.1 Å². The van der Waals surface area contributed by atoms with Crippen molar-refractivity contribution in [2.24, 2.45) is 0 Å². The minimum Gasteiger partial charge on any atom is -0.267 e. The Hall–Kier alpha value is -3.28. The second kappa shape index (κ2) is 6.55. The van der Waals surface area contributed by atoms with Crippen LogP contribution in [0.4, 0.5) is 0 Å². The Balaban J connectivity index is 1.83. The van der Waals surface area contributed by atoms with Gasteiger partial charge in [0.25, 0.3) is 5.56 Å². The molecule has 2 aromatic carbocycles. The van der Waals surface area contributed by atoms with E-state index in [1.165, 1.54) is 5.56 Å². The summed E-state index contributed by atoms with van der Waals surface area (Å²) >= 11 is 0. The normalized spacial score (nSPS) is 11.3. The Labute approximate surface area is 149 Å². The number of benzene rings is 2. The Morgan fingerprint density at radius 2 is 1.85 bits per heavy atom. The minimum atomic E-state index is -0.521. The Kier molecular flexibility index (Phi) is 4.08. The van der Waals surface area contributed by atoms with Crippen LogP contribution in [0.25, 0.3) is 22.2 Å². The predicted molar refractivity (Wildman–Crippen MR) is 100 cm³/mol. The van der Waals surface area contributed by atoms with Gasteiger partial charge in [-0.1, -0.05) is 36.4 Å². The van der Waals surface area contributed by atoms with E-state index in [4.69, 9.17) is 0 Å². The molecule has 0 amide bonds. The summed E-state index contributed by atoms with van der Waals surface area (Å²) in [5.74, 6) is 0. The lowest BCUT2D eigenvalue weighted by Gasteiger charge is -2.08. The van der Waals surface area contributed by atoms with Crippen LogP contribution in [0.15, 0.2) is 58.1 Å². The van der Waals surface area contributed by atoms with Gasteiger partial charge in [0.05, 0.1) is 6.54 Å². The van der Waals surface area contributed by atoms with Crippen LogP contribution >= 0.6 is 0 Å². The third-order valence-electron chi connectivity index (χ3n) is 4.51. The van der Waals surface area contributed by atoms with Crippen LogP contribution in [0.3, 0.4) is 0 Å². The number of aromatic amines is 2. The zero-order valence-electron chi connectivity index (χ0n) is 14.5. The molecule has 0 bridgehead atoms. The van der Waals surface area contributed by atoms with E-state index in [1.54, 1.807) is 0 Å². The Bertz CT molecular complexity index is 1210. The smallest absolute Gasteiger partial charge is 0.267 e. The molecule has 2 heterocycles. The maximum Gasteiger partial charge on any atom is 0.413 e. The standard InChI is InChI=1S/C20H18N4O2/c1-13-9-10-16-15(12-13)21-17-18(22-20(26)23-19(17)25)24(16)11-5-8-14-6-3-2-4-7-14/h2-4,6-7,9-10,12H,5,8,11H2,1H3,(H,23,25,26)/p+1. The summed E-state index contributed by atoms with van der Waals surface area (Å²) in [5.41, 5.74) is 3.70. The first kappa shape index (κ1) is 16.2. The van der Waals surface area contributed by atoms with Gasteiger partial charge in [-0.25, -0.2) is 14.3 Å². The third-order valence-corrected chi connectivity index (χ3v) is 4.51. The van der Waals surface area contributed by atoms with Crippen LogP contribution in [0, 0.1) is 6.92 Å². The molecule has 0 saturated heterocycles. The van der Waals surface area contributed by atoms with E-state index >= 15 is 0 Å². The highest BCUT2D eigenvalue weighted by molar-refractivity contribution is 5.79. The van der Waals surface area contributed by atoms with Crippen molar-refractivity contribution in [3.05, 3.63) is 80.5 Å². The minimum absolute atomic E-state index is 0.252. The van der Waals surface area contributed by atoms with E-state index in [1.807, 2.05) is 47.9 Å². The van der Waals surface area contributed by atoms with Crippen molar-refractivity contribution >= 4 is 22.2 Å². The van der Waals surface area contributed by atoms with Crippen LogP contribution in [0.1, 0.15) is 17.5 Å². The van der Waals surface area contributed by atoms with Gasteiger partial charge in [0.15, 0.2) is 5.52 Å². The topological polar surface area (TPSA) is 82.5 Å². The molecular weight excluding hydrogens is 328 g/mol. The summed E-state index contributed by atoms with van der Waals surface area (Å²) in [7, 11) is 0. The van der Waals surface area contributed by atoms with E-state index < -0.39 is 11.2 Å². The first-order valence-corrected chi connectivity index (χ1v) is 8.62. The molecule has 0 spiro atoms. The lowest BCUT2D eigenvalue weighted by molar-refractivity contribution is -0.648. The SMILES string of the molecule is Cc1ccc2c(c1)nc1c(=O)[nH]c(=O)[nH]c1[n+]2CCCc1ccccc1. The number of nitrogens with one attached hydrogen (secondary N) is 2. The number of nitrogens with zero attached hydrogens (tertiary/aromatic N) is 2. The first-order valence-electron chi connectivity index (χ1n) is 8.62. The molecule has 0 aliphatic rings. The zero-order chi connectivity index (χ0) is 18.1. The lowest BCUT2D eigenvalue weighted by atomic mass is 10.1. The third kappa shape index (κ3) is 3.01. The van der Waals surface area contributed by atoms with Gasteiger partial charge in [-0.3, -0.25) is 9.78 Å². The van der Waals surface area contributed by atoms with Crippen molar-refractivity contribution in [1.29, 1.82) is 0 Å². The van der Waals surface area contributed by atoms with Crippen molar-refractivity contribution in [3.63, 3.8) is 0 Å². The second-order valence-corrected chi connectivity index (χ2v) is 6.45. The van der Waals surface area contributed by atoms with Crippen molar-refractivity contribution < 1.29 is 4.57 Å². The summed E-state index contributed by atoms with van der Waals surface area (Å²) in [5, 5.41) is 0. The van der Waals surface area contributed by atoms with Crippen LogP contribution in [0.5, 0.6) is 0 Å². The van der Waals surface area contributed by atoms with Gasteiger partial charge in [0.2, 0.25) is 5.52 Å². The van der Waals surface area contributed by atoms with Gasteiger partial charge < -0.3 is 0 Å². The van der Waals surface area contributed by atoms with Crippen LogP contribution < -0.4 is 15.8 Å². The highest BCUT2D eigenvalue weighted by Crippen LogP contribution is 2.13. The fourth-order valence-electron chi connectivity index (χ4n) is 3.28. The van der Waals surface area contributed by atoms with Crippen LogP contribution in [-0.4, -0.2) is 15.0 Å². The molecule has 6 nitrogen and oxygen atoms in total. The highest BCUT2D eigenvalue weighted by atomic mass is 16.2. The molecule has 26 heavy (non-hydrogen) atoms. The largest absolute Gasteiger partial charge is 0.413 e. The molecule has 0 aliphatic carbocycles. The second-order valence-electron chi connectivity index (χ2n) is 6.45. The number of rotatable bonds is 4. The highest BCUT2D eigenvalue weighted by Gasteiger charge is 2.18. The Morgan fingerprint density at radius 3 is 2.65 bits per heavy atom. The number of aromatic nitrogens is 4. The van der Waals surface area contributed by atoms with E-state index in [9.17, 15) is 9.59 Å². The number of H-pyrrole nitrogens is 2. The molecule has 4 rings (SSSR count). The molecule has 0 fully saturated rings. The van der Waals surface area contributed by atoms with Gasteiger partial charge in [-0.05, 0) is 43.0 Å². The van der Waals surface area contributed by atoms with Crippen molar-refractivity contribution in [1.82, 2.24) is 15.0 Å². The van der Waals surface area contributed by atoms with E-state index in [-0.39, 0.29) is 5.52 Å². The number of hydrogen-bond acceptors (Lipinski definition) is 3. The van der Waals surface area contributed by atoms with Crippen molar-refractivity contribution in [3.8, 4) is 0 Å². The van der Waals surface area contributed by atoms with E-state index in [0.29, 0.717) is 12.2 Å². The first-order chi connectivity index (χ1) is 12.6. The van der Waals surface area contributed by atoms with Gasteiger partial charge in [-0.2, -0.15) is 4.98 Å². The Morgan fingerprint density at radius 1 is 1.04 bits per heavy atom. The summed E-state index contributed by atoms with van der Waals surface area (Å²) in [6.45, 7) is 2.66. The maximum atomic E-state index is 12.2. The fourth-order valence-corrected chi connectivity index (χ4v) is 3.28. The molecule has 0 atom stereocenters. The van der Waals surface area contributed by atoms with Gasteiger partial charge in [0, 0.05) is 0 Å². The molecule has 2 aromatic heterocycles. The van der Waals surface area contributed by atoms with Crippen molar-refractivity contribution in [2.75, 3.05) is 0 Å². The molecule has 0 saturated carbocycles. The summed E-state index contributed by atoms with van der Waals surface area (Å²) in [4.78, 5) is 33.5. The summed E-state index contributed by atoms with van der Waals surface area (Å²) in [6, 6.07) is 16.2. The predicted octanol–water partition coefficient (Wildman–Crippen LogP) is 1.99. The van der Waals surface area contributed by atoms with Gasteiger partial charge in [-0.15, -0.1) is 0 Å². The molecule has 0 radical (unpaired) electrons. The van der Waals surface area contributed by atoms with Gasteiger partial charge in [0.1, 0.15) is 5.52 Å². The molecule has 2 N–H and O–H groups in total. The molecule has 0 aliphatic heterocycles. The average molecular weight is 347 g/mol. The molecule has 0 unspecified atom stereocenters. The number of fused-ring (bicyclic) bond motifs is 2. The molecule has 6 heteroatoms. The number of aryl methyl sites for hydroxylation is 3. The molecule has 130 valence electrons.